The van der Waals surface area contributed by atoms with Gasteiger partial charge in [-0.3, -0.25) is 4.79 Å². The van der Waals surface area contributed by atoms with Crippen LogP contribution in [0.2, 0.25) is 0 Å². The summed E-state index contributed by atoms with van der Waals surface area (Å²) in [6, 6.07) is 8.47. The number of benzene rings is 1. The van der Waals surface area contributed by atoms with Crippen LogP contribution < -0.4 is 15.0 Å². The molecule has 1 aromatic rings. The second kappa shape index (κ2) is 11.0. The van der Waals surface area contributed by atoms with Crippen LogP contribution in [0.25, 0.3) is 0 Å². The van der Waals surface area contributed by atoms with E-state index in [1.807, 2.05) is 28.8 Å². The second-order valence-corrected chi connectivity index (χ2v) is 7.15. The number of carbonyl (C=O) groups excluding carboxylic acids is 1. The van der Waals surface area contributed by atoms with Crippen molar-refractivity contribution in [1.82, 2.24) is 10.2 Å². The van der Waals surface area contributed by atoms with Gasteiger partial charge in [0.25, 0.3) is 0 Å². The Balaban J connectivity index is 0.00000156. The average Bonchev–Trinajstić information content (AvgIpc) is 2.63. The topological polar surface area (TPSA) is 44.8 Å². The molecular weight excluding hydrogens is 381 g/mol. The summed E-state index contributed by atoms with van der Waals surface area (Å²) in [6.07, 6.45) is 0.631. The maximum absolute atomic E-state index is 12.4. The van der Waals surface area contributed by atoms with Gasteiger partial charge < -0.3 is 19.9 Å². The number of hydrogen-bond donors (Lipinski definition) is 1. The number of thioether (sulfide) groups is 1. The molecule has 0 spiro atoms. The van der Waals surface area contributed by atoms with Gasteiger partial charge in [0.1, 0.15) is 5.75 Å². The number of ether oxygens (including phenoxy) is 1. The largest absolute Gasteiger partial charge is 0.497 e. The van der Waals surface area contributed by atoms with Crippen molar-refractivity contribution in [2.45, 2.75) is 12.5 Å². The highest BCUT2D eigenvalue weighted by molar-refractivity contribution is 7.99. The minimum atomic E-state index is 0. The Bertz CT molecular complexity index is 536. The number of nitrogens with one attached hydrogen (secondary N) is 1. The van der Waals surface area contributed by atoms with Crippen molar-refractivity contribution in [2.24, 2.45) is 0 Å². The molecular formula is C17H27Cl2N3O2S. The van der Waals surface area contributed by atoms with E-state index in [2.05, 4.69) is 22.3 Å². The number of halogens is 2. The number of rotatable bonds is 4. The van der Waals surface area contributed by atoms with Gasteiger partial charge in [-0.1, -0.05) is 6.07 Å². The van der Waals surface area contributed by atoms with Crippen molar-refractivity contribution in [2.75, 3.05) is 56.2 Å². The van der Waals surface area contributed by atoms with Crippen LogP contribution in [0.3, 0.4) is 0 Å². The first-order valence-corrected chi connectivity index (χ1v) is 9.39. The van der Waals surface area contributed by atoms with Crippen molar-refractivity contribution in [3.8, 4) is 5.75 Å². The van der Waals surface area contributed by atoms with E-state index in [1.165, 1.54) is 5.69 Å². The molecule has 5 nitrogen and oxygen atoms in total. The molecule has 2 aliphatic heterocycles. The Morgan fingerprint density at radius 3 is 2.68 bits per heavy atom. The molecule has 1 unspecified atom stereocenters. The molecule has 1 amide bonds. The summed E-state index contributed by atoms with van der Waals surface area (Å²) in [4.78, 5) is 16.8. The zero-order valence-electron chi connectivity index (χ0n) is 14.5. The Morgan fingerprint density at radius 1 is 1.28 bits per heavy atom. The molecule has 0 saturated carbocycles. The van der Waals surface area contributed by atoms with Gasteiger partial charge in [0.2, 0.25) is 5.91 Å². The highest BCUT2D eigenvalue weighted by atomic mass is 35.5. The minimum absolute atomic E-state index is 0. The normalized spacial score (nSPS) is 20.3. The van der Waals surface area contributed by atoms with Gasteiger partial charge in [-0.25, -0.2) is 0 Å². The van der Waals surface area contributed by atoms with E-state index >= 15 is 0 Å². The molecule has 2 saturated heterocycles. The number of methoxy groups -OCH3 is 1. The molecule has 2 heterocycles. The summed E-state index contributed by atoms with van der Waals surface area (Å²) in [6.45, 7) is 4.38. The third-order valence-corrected chi connectivity index (χ3v) is 5.60. The predicted octanol–water partition coefficient (Wildman–Crippen LogP) is 2.28. The smallest absolute Gasteiger partial charge is 0.224 e. The maximum atomic E-state index is 12.4. The van der Waals surface area contributed by atoms with Crippen molar-refractivity contribution < 1.29 is 9.53 Å². The summed E-state index contributed by atoms with van der Waals surface area (Å²) in [7, 11) is 1.69. The molecule has 2 aliphatic rings. The first-order chi connectivity index (χ1) is 11.3. The molecule has 8 heteroatoms. The number of nitrogens with zero attached hydrogens (tertiary/aromatic N) is 2. The van der Waals surface area contributed by atoms with E-state index in [9.17, 15) is 4.79 Å². The zero-order chi connectivity index (χ0) is 16.1. The van der Waals surface area contributed by atoms with Gasteiger partial charge >= 0.3 is 0 Å². The molecule has 142 valence electrons. The zero-order valence-corrected chi connectivity index (χ0v) is 16.9. The van der Waals surface area contributed by atoms with Crippen LogP contribution in [0.1, 0.15) is 6.42 Å². The maximum Gasteiger partial charge on any atom is 0.224 e. The molecule has 25 heavy (non-hydrogen) atoms. The van der Waals surface area contributed by atoms with E-state index < -0.39 is 0 Å². The lowest BCUT2D eigenvalue weighted by atomic mass is 10.2. The third kappa shape index (κ3) is 6.13. The highest BCUT2D eigenvalue weighted by Crippen LogP contribution is 2.22. The van der Waals surface area contributed by atoms with Gasteiger partial charge in [-0.15, -0.1) is 24.8 Å². The fourth-order valence-corrected chi connectivity index (χ4v) is 4.06. The van der Waals surface area contributed by atoms with Crippen LogP contribution in [-0.4, -0.2) is 68.2 Å². The van der Waals surface area contributed by atoms with E-state index in [0.29, 0.717) is 12.5 Å². The SMILES string of the molecule is COc1cccc(N2CCN(C(=O)CC3CSCCN3)CC2)c1.Cl.Cl. The van der Waals surface area contributed by atoms with E-state index in [4.69, 9.17) is 4.74 Å². The van der Waals surface area contributed by atoms with Gasteiger partial charge in [0.15, 0.2) is 0 Å². The summed E-state index contributed by atoms with van der Waals surface area (Å²) < 4.78 is 5.29. The van der Waals surface area contributed by atoms with Crippen molar-refractivity contribution in [3.63, 3.8) is 0 Å². The molecule has 0 bridgehead atoms. The molecule has 1 N–H and O–H groups in total. The predicted molar refractivity (Wildman–Crippen MR) is 110 cm³/mol. The van der Waals surface area contributed by atoms with Crippen LogP contribution >= 0.6 is 36.6 Å². The number of amides is 1. The second-order valence-electron chi connectivity index (χ2n) is 6.00. The monoisotopic (exact) mass is 407 g/mol. The summed E-state index contributed by atoms with van der Waals surface area (Å²) >= 11 is 1.94. The molecule has 1 aromatic carbocycles. The van der Waals surface area contributed by atoms with Crippen molar-refractivity contribution in [3.05, 3.63) is 24.3 Å². The number of anilines is 1. The van der Waals surface area contributed by atoms with Crippen LogP contribution in [0.5, 0.6) is 5.75 Å². The lowest BCUT2D eigenvalue weighted by Gasteiger charge is -2.37. The molecule has 0 aromatic heterocycles. The molecule has 3 rings (SSSR count). The fourth-order valence-electron chi connectivity index (χ4n) is 3.11. The molecule has 2 fully saturated rings. The van der Waals surface area contributed by atoms with E-state index in [-0.39, 0.29) is 30.7 Å². The Morgan fingerprint density at radius 2 is 2.04 bits per heavy atom. The Hall–Kier alpha value is -0.820. The lowest BCUT2D eigenvalue weighted by Crippen LogP contribution is -2.50. The Labute approximate surface area is 166 Å². The standard InChI is InChI=1S/C17H25N3O2S.2ClH/c1-22-16-4-2-3-15(12-16)19-6-8-20(9-7-19)17(21)11-14-13-23-10-5-18-14;;/h2-4,12,14,18H,5-11,13H2,1H3;2*1H. The number of piperazine rings is 1. The number of hydrogen-bond acceptors (Lipinski definition) is 5. The van der Waals surface area contributed by atoms with Crippen molar-refractivity contribution in [1.29, 1.82) is 0 Å². The van der Waals surface area contributed by atoms with Crippen LogP contribution in [0.4, 0.5) is 5.69 Å². The molecule has 0 aliphatic carbocycles. The fraction of sp³-hybridized carbons (Fsp3) is 0.588. The van der Waals surface area contributed by atoms with Gasteiger partial charge in [0.05, 0.1) is 7.11 Å². The van der Waals surface area contributed by atoms with Gasteiger partial charge in [-0.2, -0.15) is 11.8 Å². The first kappa shape index (κ1) is 22.2. The summed E-state index contributed by atoms with van der Waals surface area (Å²) in [5, 5.41) is 3.44. The summed E-state index contributed by atoms with van der Waals surface area (Å²) in [5.74, 6) is 3.37. The van der Waals surface area contributed by atoms with Crippen molar-refractivity contribution >= 4 is 48.2 Å². The van der Waals surface area contributed by atoms with Crippen LogP contribution in [-0.2, 0) is 4.79 Å². The first-order valence-electron chi connectivity index (χ1n) is 8.24. The Kier molecular flexibility index (Phi) is 9.79. The third-order valence-electron chi connectivity index (χ3n) is 4.47. The quantitative estimate of drug-likeness (QED) is 0.829. The van der Waals surface area contributed by atoms with E-state index in [0.717, 1.165) is 50.0 Å². The van der Waals surface area contributed by atoms with E-state index in [1.54, 1.807) is 7.11 Å². The van der Waals surface area contributed by atoms with Gasteiger partial charge in [-0.05, 0) is 12.1 Å². The molecule has 0 radical (unpaired) electrons. The van der Waals surface area contributed by atoms with Crippen LogP contribution in [0.15, 0.2) is 24.3 Å². The summed E-state index contributed by atoms with van der Waals surface area (Å²) in [5.41, 5.74) is 1.17. The highest BCUT2D eigenvalue weighted by Gasteiger charge is 2.24. The lowest BCUT2D eigenvalue weighted by molar-refractivity contribution is -0.131. The molecule has 1 atom stereocenters. The average molecular weight is 408 g/mol. The minimum Gasteiger partial charge on any atom is -0.497 e. The van der Waals surface area contributed by atoms with Gasteiger partial charge in [0, 0.05) is 68.4 Å². The number of carbonyl (C=O) groups is 1. The van der Waals surface area contributed by atoms with Crippen LogP contribution in [0, 0.1) is 0 Å².